The van der Waals surface area contributed by atoms with Crippen LogP contribution >= 0.6 is 11.8 Å². The summed E-state index contributed by atoms with van der Waals surface area (Å²) < 4.78 is 16.7. The van der Waals surface area contributed by atoms with Crippen molar-refractivity contribution in [1.29, 1.82) is 0 Å². The van der Waals surface area contributed by atoms with E-state index in [9.17, 15) is 4.79 Å². The Morgan fingerprint density at radius 3 is 2.54 bits per heavy atom. The Bertz CT molecular complexity index is 1010. The highest BCUT2D eigenvalue weighted by atomic mass is 32.2. The van der Waals surface area contributed by atoms with Crippen LogP contribution in [0.15, 0.2) is 62.8 Å². The first kappa shape index (κ1) is 17.2. The number of hydrogen-bond donors (Lipinski definition) is 1. The standard InChI is InChI=1S/C21H18N2O4S/c24-21(16-11-17(27-23-16)13-6-7-13)22-15-10-18-19(26-9-8-25-18)12-20(15)28-14-4-2-1-3-5-14/h1-5,10-13H,6-9H2,(H,22,24). The number of rotatable bonds is 5. The fourth-order valence-electron chi connectivity index (χ4n) is 3.01. The van der Waals surface area contributed by atoms with Crippen molar-refractivity contribution < 1.29 is 18.8 Å². The van der Waals surface area contributed by atoms with Gasteiger partial charge in [-0.2, -0.15) is 0 Å². The van der Waals surface area contributed by atoms with E-state index < -0.39 is 0 Å². The number of nitrogens with zero attached hydrogens (tertiary/aromatic N) is 1. The van der Waals surface area contributed by atoms with Crippen LogP contribution in [0.2, 0.25) is 0 Å². The smallest absolute Gasteiger partial charge is 0.277 e. The molecule has 142 valence electrons. The third-order valence-corrected chi connectivity index (χ3v) is 5.67. The lowest BCUT2D eigenvalue weighted by Crippen LogP contribution is -2.17. The quantitative estimate of drug-likeness (QED) is 0.675. The molecule has 0 radical (unpaired) electrons. The fourth-order valence-corrected chi connectivity index (χ4v) is 3.94. The van der Waals surface area contributed by atoms with Gasteiger partial charge in [0.05, 0.1) is 5.69 Å². The molecule has 1 aliphatic heterocycles. The number of benzene rings is 2. The lowest BCUT2D eigenvalue weighted by Gasteiger charge is -2.21. The van der Waals surface area contributed by atoms with Crippen molar-refractivity contribution in [1.82, 2.24) is 5.16 Å². The number of carbonyl (C=O) groups excluding carboxylic acids is 1. The van der Waals surface area contributed by atoms with Crippen LogP contribution in [0.3, 0.4) is 0 Å². The van der Waals surface area contributed by atoms with Gasteiger partial charge in [0.2, 0.25) is 0 Å². The van der Waals surface area contributed by atoms with Crippen molar-refractivity contribution >= 4 is 23.4 Å². The van der Waals surface area contributed by atoms with Gasteiger partial charge in [-0.3, -0.25) is 4.79 Å². The average Bonchev–Trinajstić information content (AvgIpc) is 3.45. The second-order valence-electron chi connectivity index (χ2n) is 6.75. The Labute approximate surface area is 166 Å². The van der Waals surface area contributed by atoms with E-state index in [1.165, 1.54) is 0 Å². The third-order valence-electron chi connectivity index (χ3n) is 4.60. The van der Waals surface area contributed by atoms with Gasteiger partial charge in [0.15, 0.2) is 17.2 Å². The number of aromatic nitrogens is 1. The molecule has 28 heavy (non-hydrogen) atoms. The summed E-state index contributed by atoms with van der Waals surface area (Å²) in [7, 11) is 0. The average molecular weight is 394 g/mol. The number of carbonyl (C=O) groups is 1. The zero-order valence-electron chi connectivity index (χ0n) is 15.0. The molecule has 6 nitrogen and oxygen atoms in total. The second-order valence-corrected chi connectivity index (χ2v) is 7.87. The lowest BCUT2D eigenvalue weighted by molar-refractivity contribution is 0.101. The molecule has 1 amide bonds. The molecule has 2 aromatic carbocycles. The van der Waals surface area contributed by atoms with Crippen LogP contribution < -0.4 is 14.8 Å². The third kappa shape index (κ3) is 3.57. The predicted molar refractivity (Wildman–Crippen MR) is 104 cm³/mol. The van der Waals surface area contributed by atoms with Crippen LogP contribution in [0.1, 0.15) is 35.0 Å². The molecular weight excluding hydrogens is 376 g/mol. The highest BCUT2D eigenvalue weighted by molar-refractivity contribution is 7.99. The van der Waals surface area contributed by atoms with Crippen molar-refractivity contribution in [2.24, 2.45) is 0 Å². The maximum absolute atomic E-state index is 12.7. The molecule has 7 heteroatoms. The maximum atomic E-state index is 12.7. The molecule has 1 aliphatic carbocycles. The summed E-state index contributed by atoms with van der Waals surface area (Å²) in [5, 5.41) is 6.88. The predicted octanol–water partition coefficient (Wildman–Crippen LogP) is 4.73. The molecule has 0 saturated heterocycles. The summed E-state index contributed by atoms with van der Waals surface area (Å²) in [6, 6.07) is 15.4. The molecule has 1 aromatic heterocycles. The van der Waals surface area contributed by atoms with Crippen molar-refractivity contribution in [2.75, 3.05) is 18.5 Å². The largest absolute Gasteiger partial charge is 0.486 e. The highest BCUT2D eigenvalue weighted by Gasteiger charge is 2.29. The number of fused-ring (bicyclic) bond motifs is 1. The monoisotopic (exact) mass is 394 g/mol. The van der Waals surface area contributed by atoms with E-state index in [0.29, 0.717) is 36.3 Å². The summed E-state index contributed by atoms with van der Waals surface area (Å²) in [5.41, 5.74) is 0.937. The molecule has 2 heterocycles. The van der Waals surface area contributed by atoms with Gasteiger partial charge in [-0.05, 0) is 25.0 Å². The van der Waals surface area contributed by atoms with Crippen LogP contribution in [0.25, 0.3) is 0 Å². The van der Waals surface area contributed by atoms with Crippen LogP contribution in [-0.2, 0) is 0 Å². The Kier molecular flexibility index (Phi) is 4.44. The van der Waals surface area contributed by atoms with Gasteiger partial charge in [-0.15, -0.1) is 0 Å². The number of anilines is 1. The van der Waals surface area contributed by atoms with E-state index in [4.69, 9.17) is 14.0 Å². The van der Waals surface area contributed by atoms with Gasteiger partial charge in [-0.25, -0.2) is 0 Å². The SMILES string of the molecule is O=C(Nc1cc2c(cc1Sc1ccccc1)OCCO2)c1cc(C2CC2)on1. The van der Waals surface area contributed by atoms with E-state index in [1.54, 1.807) is 23.9 Å². The van der Waals surface area contributed by atoms with Gasteiger partial charge in [0.1, 0.15) is 19.0 Å². The summed E-state index contributed by atoms with van der Waals surface area (Å²) in [4.78, 5) is 14.7. The zero-order chi connectivity index (χ0) is 18.9. The Morgan fingerprint density at radius 2 is 1.79 bits per heavy atom. The van der Waals surface area contributed by atoms with E-state index in [1.807, 2.05) is 36.4 Å². The summed E-state index contributed by atoms with van der Waals surface area (Å²) in [6.45, 7) is 0.997. The molecule has 5 rings (SSSR count). The van der Waals surface area contributed by atoms with Crippen LogP contribution in [0.4, 0.5) is 5.69 Å². The summed E-state index contributed by atoms with van der Waals surface area (Å²) in [5.74, 6) is 2.19. The summed E-state index contributed by atoms with van der Waals surface area (Å²) >= 11 is 1.55. The van der Waals surface area contributed by atoms with Crippen LogP contribution in [0.5, 0.6) is 11.5 Å². The van der Waals surface area contributed by atoms with E-state index in [2.05, 4.69) is 10.5 Å². The minimum Gasteiger partial charge on any atom is -0.486 e. The Hall–Kier alpha value is -2.93. The van der Waals surface area contributed by atoms with Gasteiger partial charge in [0.25, 0.3) is 5.91 Å². The molecule has 1 saturated carbocycles. The first-order chi connectivity index (χ1) is 13.8. The van der Waals surface area contributed by atoms with Crippen LogP contribution in [0, 0.1) is 0 Å². The second kappa shape index (κ2) is 7.24. The number of ether oxygens (including phenoxy) is 2. The molecular formula is C21H18N2O4S. The fraction of sp³-hybridized carbons (Fsp3) is 0.238. The van der Waals surface area contributed by atoms with Crippen molar-refractivity contribution in [3.8, 4) is 11.5 Å². The zero-order valence-corrected chi connectivity index (χ0v) is 15.8. The topological polar surface area (TPSA) is 73.6 Å². The number of nitrogens with one attached hydrogen (secondary N) is 1. The molecule has 1 N–H and O–H groups in total. The molecule has 2 aliphatic rings. The first-order valence-corrected chi connectivity index (χ1v) is 10.0. The normalized spacial score (nSPS) is 15.3. The summed E-state index contributed by atoms with van der Waals surface area (Å²) in [6.07, 6.45) is 2.19. The van der Waals surface area contributed by atoms with Crippen molar-refractivity contribution in [2.45, 2.75) is 28.6 Å². The van der Waals surface area contributed by atoms with Crippen LogP contribution in [-0.4, -0.2) is 24.3 Å². The van der Waals surface area contributed by atoms with Crippen molar-refractivity contribution in [3.63, 3.8) is 0 Å². The number of amides is 1. The van der Waals surface area contributed by atoms with E-state index >= 15 is 0 Å². The Balaban J connectivity index is 1.44. The van der Waals surface area contributed by atoms with E-state index in [-0.39, 0.29) is 11.6 Å². The minimum absolute atomic E-state index is 0.285. The van der Waals surface area contributed by atoms with Crippen molar-refractivity contribution in [3.05, 3.63) is 60.0 Å². The highest BCUT2D eigenvalue weighted by Crippen LogP contribution is 2.43. The number of hydrogen-bond acceptors (Lipinski definition) is 6. The molecule has 0 bridgehead atoms. The molecule has 0 spiro atoms. The Morgan fingerprint density at radius 1 is 1.04 bits per heavy atom. The molecule has 3 aromatic rings. The van der Waals surface area contributed by atoms with E-state index in [0.717, 1.165) is 28.4 Å². The molecule has 0 atom stereocenters. The molecule has 0 unspecified atom stereocenters. The van der Waals surface area contributed by atoms with Gasteiger partial charge in [0, 0.05) is 33.9 Å². The lowest BCUT2D eigenvalue weighted by atomic mass is 10.2. The molecule has 1 fully saturated rings. The minimum atomic E-state index is -0.303. The first-order valence-electron chi connectivity index (χ1n) is 9.21. The maximum Gasteiger partial charge on any atom is 0.277 e. The van der Waals surface area contributed by atoms with Gasteiger partial charge < -0.3 is 19.3 Å². The van der Waals surface area contributed by atoms with Gasteiger partial charge >= 0.3 is 0 Å². The van der Waals surface area contributed by atoms with Gasteiger partial charge in [-0.1, -0.05) is 35.1 Å².